The molecule has 2 aromatic carbocycles. The Morgan fingerprint density at radius 2 is 1.86 bits per heavy atom. The minimum atomic E-state index is -0.901. The molecule has 3 rings (SSSR count). The number of nitro groups is 1. The molecule has 29 heavy (non-hydrogen) atoms. The van der Waals surface area contributed by atoms with Gasteiger partial charge >= 0.3 is 17.6 Å². The van der Waals surface area contributed by atoms with Crippen molar-refractivity contribution in [3.05, 3.63) is 80.8 Å². The monoisotopic (exact) mass is 397 g/mol. The van der Waals surface area contributed by atoms with Crippen molar-refractivity contribution in [1.82, 2.24) is 4.98 Å². The molecule has 0 radical (unpaired) electrons. The summed E-state index contributed by atoms with van der Waals surface area (Å²) in [4.78, 5) is 39.0. The van der Waals surface area contributed by atoms with E-state index in [4.69, 9.17) is 9.47 Å². The van der Waals surface area contributed by atoms with E-state index in [0.29, 0.717) is 10.2 Å². The number of nitrogens with zero attached hydrogens (tertiary/aromatic N) is 3. The number of esters is 2. The number of benzene rings is 2. The second-order valence-corrected chi connectivity index (χ2v) is 5.79. The molecule has 0 saturated heterocycles. The number of nitro benzene ring substituents is 1. The average Bonchev–Trinajstić information content (AvgIpc) is 2.72. The molecule has 0 aliphatic carbocycles. The summed E-state index contributed by atoms with van der Waals surface area (Å²) in [6.07, 6.45) is 0. The first kappa shape index (κ1) is 19.7. The highest BCUT2D eigenvalue weighted by atomic mass is 16.6. The molecular formula is C19H15N3O7. The third-order valence-electron chi connectivity index (χ3n) is 3.93. The van der Waals surface area contributed by atoms with Crippen LogP contribution in [0.25, 0.3) is 11.0 Å². The lowest BCUT2D eigenvalue weighted by atomic mass is 10.2. The second kappa shape index (κ2) is 8.30. The summed E-state index contributed by atoms with van der Waals surface area (Å²) < 4.78 is 10.4. The predicted molar refractivity (Wildman–Crippen MR) is 98.9 cm³/mol. The maximum Gasteiger partial charge on any atom is 0.407 e. The Morgan fingerprint density at radius 1 is 1.10 bits per heavy atom. The summed E-state index contributed by atoms with van der Waals surface area (Å²) in [5.74, 6) is -1.77. The van der Waals surface area contributed by atoms with Gasteiger partial charge in [0.25, 0.3) is 5.69 Å². The highest BCUT2D eigenvalue weighted by molar-refractivity contribution is 5.91. The largest absolute Gasteiger partial charge is 0.618 e. The molecule has 0 atom stereocenters. The average molecular weight is 397 g/mol. The minimum Gasteiger partial charge on any atom is -0.618 e. The normalized spacial score (nSPS) is 10.5. The zero-order valence-corrected chi connectivity index (χ0v) is 15.2. The van der Waals surface area contributed by atoms with Gasteiger partial charge in [-0.05, 0) is 19.1 Å². The van der Waals surface area contributed by atoms with E-state index in [-0.39, 0.29) is 29.1 Å². The molecule has 0 fully saturated rings. The Labute approximate surface area is 164 Å². The van der Waals surface area contributed by atoms with E-state index < -0.39 is 29.2 Å². The molecule has 0 aliphatic rings. The van der Waals surface area contributed by atoms with Crippen molar-refractivity contribution in [2.45, 2.75) is 13.5 Å². The smallest absolute Gasteiger partial charge is 0.407 e. The highest BCUT2D eigenvalue weighted by Gasteiger charge is 2.28. The molecule has 0 N–H and O–H groups in total. The molecule has 148 valence electrons. The van der Waals surface area contributed by atoms with Crippen LogP contribution in [-0.4, -0.2) is 28.5 Å². The van der Waals surface area contributed by atoms with Crippen molar-refractivity contribution in [3.8, 4) is 0 Å². The van der Waals surface area contributed by atoms with Crippen LogP contribution in [0, 0.1) is 15.3 Å². The van der Waals surface area contributed by atoms with Gasteiger partial charge in [0.05, 0.1) is 17.1 Å². The summed E-state index contributed by atoms with van der Waals surface area (Å²) in [6, 6.07) is 11.4. The minimum absolute atomic E-state index is 0.0402. The number of rotatable bonds is 6. The van der Waals surface area contributed by atoms with Crippen LogP contribution in [0.2, 0.25) is 0 Å². The fraction of sp³-hybridized carbons (Fsp3) is 0.158. The van der Waals surface area contributed by atoms with Gasteiger partial charge in [-0.25, -0.2) is 14.6 Å². The molecule has 10 nitrogen and oxygen atoms in total. The Balaban J connectivity index is 1.93. The van der Waals surface area contributed by atoms with Crippen LogP contribution < -0.4 is 4.73 Å². The third kappa shape index (κ3) is 4.10. The van der Waals surface area contributed by atoms with Crippen molar-refractivity contribution >= 4 is 28.7 Å². The van der Waals surface area contributed by atoms with Crippen LogP contribution in [0.5, 0.6) is 0 Å². The molecule has 0 saturated carbocycles. The SMILES string of the molecule is CCOC(=O)c1c(COC(=O)c2cccc([N+](=O)[O-])c2)nc2ccccc2[n+]1[O-]. The number of ether oxygens (including phenoxy) is 2. The van der Waals surface area contributed by atoms with Gasteiger partial charge in [0, 0.05) is 18.2 Å². The summed E-state index contributed by atoms with van der Waals surface area (Å²) >= 11 is 0. The molecule has 1 aromatic heterocycles. The maximum absolute atomic E-state index is 12.7. The second-order valence-electron chi connectivity index (χ2n) is 5.79. The van der Waals surface area contributed by atoms with E-state index in [2.05, 4.69) is 4.98 Å². The van der Waals surface area contributed by atoms with E-state index in [1.807, 2.05) is 0 Å². The maximum atomic E-state index is 12.7. The molecule has 10 heteroatoms. The van der Waals surface area contributed by atoms with Gasteiger partial charge in [0.15, 0.2) is 5.69 Å². The number of para-hydroxylation sites is 2. The van der Waals surface area contributed by atoms with E-state index in [0.717, 1.165) is 6.07 Å². The lowest BCUT2D eigenvalue weighted by molar-refractivity contribution is -0.581. The standard InChI is InChI=1S/C19H15N3O7/c1-2-28-19(24)17-15(20-14-8-3-4-9-16(14)21(17)25)11-29-18(23)12-6-5-7-13(10-12)22(26)27/h3-10H,2,11H2,1H3. The summed E-state index contributed by atoms with van der Waals surface area (Å²) in [5.41, 5.74) is -0.338. The van der Waals surface area contributed by atoms with Gasteiger partial charge in [-0.15, -0.1) is 0 Å². The Bertz CT molecular complexity index is 1110. The van der Waals surface area contributed by atoms with Crippen molar-refractivity contribution in [1.29, 1.82) is 0 Å². The van der Waals surface area contributed by atoms with E-state index in [9.17, 15) is 24.9 Å². The van der Waals surface area contributed by atoms with Crippen LogP contribution in [0.3, 0.4) is 0 Å². The van der Waals surface area contributed by atoms with Crippen molar-refractivity contribution in [2.75, 3.05) is 6.61 Å². The van der Waals surface area contributed by atoms with Gasteiger partial charge in [-0.1, -0.05) is 18.2 Å². The van der Waals surface area contributed by atoms with Gasteiger partial charge in [-0.2, -0.15) is 4.73 Å². The van der Waals surface area contributed by atoms with Crippen LogP contribution in [0.1, 0.15) is 33.5 Å². The number of hydrogen-bond donors (Lipinski definition) is 0. The van der Waals surface area contributed by atoms with Crippen molar-refractivity contribution in [2.24, 2.45) is 0 Å². The van der Waals surface area contributed by atoms with Gasteiger partial charge in [-0.3, -0.25) is 10.1 Å². The van der Waals surface area contributed by atoms with Gasteiger partial charge in [0.1, 0.15) is 12.1 Å². The number of non-ortho nitro benzene ring substituents is 1. The van der Waals surface area contributed by atoms with Crippen LogP contribution >= 0.6 is 0 Å². The molecule has 0 amide bonds. The predicted octanol–water partition coefficient (Wildman–Crippen LogP) is 2.31. The van der Waals surface area contributed by atoms with E-state index in [1.165, 1.54) is 24.3 Å². The first-order chi connectivity index (χ1) is 13.9. The van der Waals surface area contributed by atoms with Gasteiger partial charge < -0.3 is 14.7 Å². The number of aromatic nitrogens is 2. The van der Waals surface area contributed by atoms with Crippen molar-refractivity contribution in [3.63, 3.8) is 0 Å². The topological polar surface area (TPSA) is 136 Å². The molecular weight excluding hydrogens is 382 g/mol. The summed E-state index contributed by atoms with van der Waals surface area (Å²) in [5, 5.41) is 23.5. The lowest BCUT2D eigenvalue weighted by Gasteiger charge is -2.11. The van der Waals surface area contributed by atoms with Gasteiger partial charge in [0.2, 0.25) is 5.52 Å². The van der Waals surface area contributed by atoms with E-state index >= 15 is 0 Å². The summed E-state index contributed by atoms with van der Waals surface area (Å²) in [6.45, 7) is 1.13. The number of carbonyl (C=O) groups excluding carboxylic acids is 2. The Morgan fingerprint density at radius 3 is 2.59 bits per heavy atom. The fourth-order valence-electron chi connectivity index (χ4n) is 2.63. The summed E-state index contributed by atoms with van der Waals surface area (Å²) in [7, 11) is 0. The quantitative estimate of drug-likeness (QED) is 0.203. The first-order valence-electron chi connectivity index (χ1n) is 8.52. The fourth-order valence-corrected chi connectivity index (χ4v) is 2.63. The molecule has 0 spiro atoms. The van der Waals surface area contributed by atoms with Crippen LogP contribution in [-0.2, 0) is 16.1 Å². The van der Waals surface area contributed by atoms with Crippen LogP contribution in [0.15, 0.2) is 48.5 Å². The Kier molecular flexibility index (Phi) is 5.63. The number of fused-ring (bicyclic) bond motifs is 1. The van der Waals surface area contributed by atoms with Crippen molar-refractivity contribution < 1.29 is 28.7 Å². The number of hydrogen-bond acceptors (Lipinski definition) is 8. The van der Waals surface area contributed by atoms with Crippen LogP contribution in [0.4, 0.5) is 5.69 Å². The zero-order chi connectivity index (χ0) is 21.0. The highest BCUT2D eigenvalue weighted by Crippen LogP contribution is 2.16. The van der Waals surface area contributed by atoms with E-state index in [1.54, 1.807) is 25.1 Å². The molecule has 0 unspecified atom stereocenters. The zero-order valence-electron chi connectivity index (χ0n) is 15.2. The Hall–Kier alpha value is -4.08. The molecule has 0 aliphatic heterocycles. The first-order valence-corrected chi connectivity index (χ1v) is 8.52. The lowest BCUT2D eigenvalue weighted by Crippen LogP contribution is -2.39. The molecule has 0 bridgehead atoms. The number of carbonyl (C=O) groups is 2. The third-order valence-corrected chi connectivity index (χ3v) is 3.93. The molecule has 3 aromatic rings. The molecule has 1 heterocycles.